The molecule has 2 saturated heterocycles. The number of rotatable bonds is 6. The molecule has 0 aromatic heterocycles. The molecule has 1 N–H and O–H groups in total. The Balaban J connectivity index is 1.48. The van der Waals surface area contributed by atoms with Gasteiger partial charge in [-0.1, -0.05) is 36.8 Å². The number of imide groups is 1. The molecule has 3 amide bonds. The fourth-order valence-corrected chi connectivity index (χ4v) is 5.63. The molecule has 0 saturated carbocycles. The first kappa shape index (κ1) is 22.2. The third-order valence-electron chi connectivity index (χ3n) is 6.06. The van der Waals surface area contributed by atoms with Crippen molar-refractivity contribution in [2.45, 2.75) is 36.6 Å². The van der Waals surface area contributed by atoms with Crippen LogP contribution in [0.1, 0.15) is 42.1 Å². The number of carbonyl (C=O) groups is 3. The maximum absolute atomic E-state index is 13.0. The summed E-state index contributed by atoms with van der Waals surface area (Å²) >= 11 is 0. The lowest BCUT2D eigenvalue weighted by Crippen LogP contribution is -2.41. The van der Waals surface area contributed by atoms with Crippen LogP contribution < -0.4 is 5.32 Å². The Morgan fingerprint density at radius 1 is 0.969 bits per heavy atom. The van der Waals surface area contributed by atoms with Crippen LogP contribution in [0.2, 0.25) is 0 Å². The van der Waals surface area contributed by atoms with Crippen LogP contribution >= 0.6 is 0 Å². The van der Waals surface area contributed by atoms with Crippen LogP contribution in [0.3, 0.4) is 0 Å². The van der Waals surface area contributed by atoms with Crippen molar-refractivity contribution >= 4 is 27.7 Å². The first-order valence-corrected chi connectivity index (χ1v) is 12.0. The minimum atomic E-state index is -3.60. The van der Waals surface area contributed by atoms with Crippen molar-refractivity contribution in [3.05, 3.63) is 65.7 Å². The molecule has 0 bridgehead atoms. The van der Waals surface area contributed by atoms with Crippen LogP contribution in [0.15, 0.2) is 59.5 Å². The van der Waals surface area contributed by atoms with Crippen molar-refractivity contribution < 1.29 is 22.8 Å². The lowest BCUT2D eigenvalue weighted by molar-refractivity contribution is -0.130. The fraction of sp³-hybridized carbons (Fsp3) is 0.348. The quantitative estimate of drug-likeness (QED) is 0.532. The molecule has 168 valence electrons. The molecule has 2 aliphatic rings. The number of piperidine rings is 1. The van der Waals surface area contributed by atoms with Gasteiger partial charge in [-0.2, -0.15) is 4.31 Å². The van der Waals surface area contributed by atoms with Gasteiger partial charge in [-0.15, -0.1) is 0 Å². The van der Waals surface area contributed by atoms with Crippen molar-refractivity contribution in [2.75, 3.05) is 19.6 Å². The number of nitrogens with zero attached hydrogens (tertiary/aromatic N) is 2. The molecule has 2 fully saturated rings. The predicted molar refractivity (Wildman–Crippen MR) is 117 cm³/mol. The van der Waals surface area contributed by atoms with E-state index in [2.05, 4.69) is 5.32 Å². The number of amides is 3. The van der Waals surface area contributed by atoms with Crippen molar-refractivity contribution in [1.82, 2.24) is 14.5 Å². The summed E-state index contributed by atoms with van der Waals surface area (Å²) in [5.74, 6) is -0.959. The van der Waals surface area contributed by atoms with Gasteiger partial charge < -0.3 is 5.32 Å². The highest BCUT2D eigenvalue weighted by atomic mass is 32.2. The molecular formula is C23H25N3O5S. The van der Waals surface area contributed by atoms with E-state index in [9.17, 15) is 22.8 Å². The Hall–Kier alpha value is -3.04. The Kier molecular flexibility index (Phi) is 5.87. The molecule has 0 unspecified atom stereocenters. The van der Waals surface area contributed by atoms with E-state index >= 15 is 0 Å². The summed E-state index contributed by atoms with van der Waals surface area (Å²) in [6.45, 7) is 2.17. The highest BCUT2D eigenvalue weighted by Crippen LogP contribution is 2.29. The van der Waals surface area contributed by atoms with Crippen LogP contribution in [0, 0.1) is 0 Å². The molecule has 2 aliphatic heterocycles. The first-order valence-electron chi connectivity index (χ1n) is 10.6. The van der Waals surface area contributed by atoms with Gasteiger partial charge in [-0.25, -0.2) is 13.2 Å². The van der Waals surface area contributed by atoms with E-state index < -0.39 is 39.8 Å². The second kappa shape index (κ2) is 8.48. The summed E-state index contributed by atoms with van der Waals surface area (Å²) in [7, 11) is -3.60. The number of hydrogen-bond donors (Lipinski definition) is 1. The zero-order valence-corrected chi connectivity index (χ0v) is 18.6. The average molecular weight is 456 g/mol. The Morgan fingerprint density at radius 2 is 1.59 bits per heavy atom. The molecule has 0 radical (unpaired) electrons. The standard InChI is InChI=1S/C23H25N3O5S/c1-23(18-8-4-2-5-9-18)21(28)26(22(29)24-23)16-20(27)17-10-12-19(13-11-17)32(30,31)25-14-6-3-7-15-25/h2,4-5,8-13H,3,6-7,14-16H2,1H3,(H,24,29)/t23-/m1/s1. The summed E-state index contributed by atoms with van der Waals surface area (Å²) < 4.78 is 27.0. The molecule has 2 aromatic carbocycles. The lowest BCUT2D eigenvalue weighted by Gasteiger charge is -2.25. The van der Waals surface area contributed by atoms with Crippen LogP contribution in [0.25, 0.3) is 0 Å². The third-order valence-corrected chi connectivity index (χ3v) is 7.97. The van der Waals surface area contributed by atoms with E-state index in [0.717, 1.165) is 24.2 Å². The summed E-state index contributed by atoms with van der Waals surface area (Å²) in [5, 5.41) is 2.67. The Bertz CT molecular complexity index is 1140. The summed E-state index contributed by atoms with van der Waals surface area (Å²) in [6.07, 6.45) is 2.69. The zero-order chi connectivity index (χ0) is 22.9. The number of benzene rings is 2. The maximum atomic E-state index is 13.0. The fourth-order valence-electron chi connectivity index (χ4n) is 4.11. The summed E-state index contributed by atoms with van der Waals surface area (Å²) in [6, 6.07) is 13.8. The topological polar surface area (TPSA) is 104 Å². The zero-order valence-electron chi connectivity index (χ0n) is 17.8. The van der Waals surface area contributed by atoms with Gasteiger partial charge in [0.1, 0.15) is 5.54 Å². The van der Waals surface area contributed by atoms with E-state index in [1.807, 2.05) is 6.07 Å². The van der Waals surface area contributed by atoms with Gasteiger partial charge in [0.25, 0.3) is 5.91 Å². The molecule has 2 aromatic rings. The molecular weight excluding hydrogens is 430 g/mol. The molecule has 1 atom stereocenters. The van der Waals surface area contributed by atoms with E-state index in [-0.39, 0.29) is 10.5 Å². The first-order chi connectivity index (χ1) is 15.2. The normalized spacial score (nSPS) is 22.1. The summed E-state index contributed by atoms with van der Waals surface area (Å²) in [4.78, 5) is 39.2. The molecule has 4 rings (SSSR count). The van der Waals surface area contributed by atoms with Crippen LogP contribution in [-0.4, -0.2) is 55.0 Å². The van der Waals surface area contributed by atoms with Gasteiger partial charge >= 0.3 is 6.03 Å². The molecule has 0 aliphatic carbocycles. The third kappa shape index (κ3) is 3.93. The number of ketones is 1. The van der Waals surface area contributed by atoms with E-state index in [4.69, 9.17) is 0 Å². The van der Waals surface area contributed by atoms with Crippen LogP contribution in [0.4, 0.5) is 4.79 Å². The van der Waals surface area contributed by atoms with Gasteiger partial charge in [-0.3, -0.25) is 14.5 Å². The molecule has 0 spiro atoms. The number of hydrogen-bond acceptors (Lipinski definition) is 5. The highest BCUT2D eigenvalue weighted by molar-refractivity contribution is 7.89. The van der Waals surface area contributed by atoms with Gasteiger partial charge in [0.15, 0.2) is 5.78 Å². The summed E-state index contributed by atoms with van der Waals surface area (Å²) in [5.41, 5.74) is -0.387. The van der Waals surface area contributed by atoms with Gasteiger partial charge in [0, 0.05) is 18.7 Å². The minimum absolute atomic E-state index is 0.127. The van der Waals surface area contributed by atoms with Crippen molar-refractivity contribution in [2.24, 2.45) is 0 Å². The van der Waals surface area contributed by atoms with Crippen LogP contribution in [-0.2, 0) is 20.4 Å². The highest BCUT2D eigenvalue weighted by Gasteiger charge is 2.49. The predicted octanol–water partition coefficient (Wildman–Crippen LogP) is 2.51. The maximum Gasteiger partial charge on any atom is 0.325 e. The van der Waals surface area contributed by atoms with Gasteiger partial charge in [0.2, 0.25) is 10.0 Å². The van der Waals surface area contributed by atoms with Crippen molar-refractivity contribution in [3.8, 4) is 0 Å². The number of Topliss-reactive ketones (excluding diaryl/α,β-unsaturated/α-hetero) is 1. The average Bonchev–Trinajstić information content (AvgIpc) is 3.04. The molecule has 32 heavy (non-hydrogen) atoms. The Morgan fingerprint density at radius 3 is 2.22 bits per heavy atom. The second-order valence-electron chi connectivity index (χ2n) is 8.22. The molecule has 8 nitrogen and oxygen atoms in total. The number of nitrogens with one attached hydrogen (secondary N) is 1. The monoisotopic (exact) mass is 455 g/mol. The number of urea groups is 1. The van der Waals surface area contributed by atoms with Crippen molar-refractivity contribution in [3.63, 3.8) is 0 Å². The largest absolute Gasteiger partial charge is 0.325 e. The van der Waals surface area contributed by atoms with Gasteiger partial charge in [0.05, 0.1) is 11.4 Å². The lowest BCUT2D eigenvalue weighted by atomic mass is 9.92. The molecule has 9 heteroatoms. The van der Waals surface area contributed by atoms with E-state index in [1.54, 1.807) is 31.2 Å². The molecule has 2 heterocycles. The SMILES string of the molecule is C[C@]1(c2ccccc2)NC(=O)N(CC(=O)c2ccc(S(=O)(=O)N3CCCCC3)cc2)C1=O. The van der Waals surface area contributed by atoms with Gasteiger partial charge in [-0.05, 0) is 49.6 Å². The van der Waals surface area contributed by atoms with E-state index in [0.29, 0.717) is 18.7 Å². The smallest absolute Gasteiger partial charge is 0.319 e. The number of sulfonamides is 1. The second-order valence-corrected chi connectivity index (χ2v) is 10.2. The Labute approximate surface area is 187 Å². The number of carbonyl (C=O) groups excluding carboxylic acids is 3. The minimum Gasteiger partial charge on any atom is -0.319 e. The van der Waals surface area contributed by atoms with Crippen molar-refractivity contribution in [1.29, 1.82) is 0 Å². The van der Waals surface area contributed by atoms with E-state index in [1.165, 1.54) is 28.6 Å². The van der Waals surface area contributed by atoms with Crippen LogP contribution in [0.5, 0.6) is 0 Å².